The van der Waals surface area contributed by atoms with Gasteiger partial charge in [0.2, 0.25) is 0 Å². The summed E-state index contributed by atoms with van der Waals surface area (Å²) < 4.78 is 0. The van der Waals surface area contributed by atoms with Gasteiger partial charge in [0, 0.05) is 7.05 Å². The van der Waals surface area contributed by atoms with E-state index in [9.17, 15) is 0 Å². The highest BCUT2D eigenvalue weighted by Crippen LogP contribution is 1.53. The molecule has 12 heavy (non-hydrogen) atoms. The zero-order valence-electron chi connectivity index (χ0n) is 9.48. The third kappa shape index (κ3) is 408. The Morgan fingerprint density at radius 3 is 1.33 bits per heavy atom. The Bertz CT molecular complexity index is 53.8. The number of nitrogens with one attached hydrogen (secondary N) is 1. The number of hydrogen-bond donors (Lipinski definition) is 1. The van der Waals surface area contributed by atoms with Crippen molar-refractivity contribution < 1.29 is 4.84 Å². The average molecular weight is 175 g/mol. The lowest BCUT2D eigenvalue weighted by Gasteiger charge is -1.86. The van der Waals surface area contributed by atoms with Gasteiger partial charge in [-0.05, 0) is 6.92 Å². The Balaban J connectivity index is -0.0000000397. The summed E-state index contributed by atoms with van der Waals surface area (Å²) in [6.45, 7) is 16.5. The smallest absolute Gasteiger partial charge is 0.104 e. The first-order valence-electron chi connectivity index (χ1n) is 4.33. The van der Waals surface area contributed by atoms with Crippen LogP contribution in [0.2, 0.25) is 0 Å². The molecule has 76 valence electrons. The van der Waals surface area contributed by atoms with E-state index in [-0.39, 0.29) is 0 Å². The van der Waals surface area contributed by atoms with Gasteiger partial charge in [0.1, 0.15) is 6.26 Å². The van der Waals surface area contributed by atoms with Gasteiger partial charge in [0.25, 0.3) is 0 Å². The molecule has 0 aliphatic carbocycles. The minimum Gasteiger partial charge on any atom is -0.417 e. The van der Waals surface area contributed by atoms with Crippen molar-refractivity contribution in [1.82, 2.24) is 5.48 Å². The molecule has 0 rings (SSSR count). The molecule has 0 unspecified atom stereocenters. The second-order valence-electron chi connectivity index (χ2n) is 0.897. The van der Waals surface area contributed by atoms with Crippen molar-refractivity contribution in [3.63, 3.8) is 0 Å². The van der Waals surface area contributed by atoms with Crippen LogP contribution in [0.3, 0.4) is 0 Å². The predicted molar refractivity (Wildman–Crippen MR) is 58.9 cm³/mol. The molecule has 0 aromatic carbocycles. The summed E-state index contributed by atoms with van der Waals surface area (Å²) in [5, 5.41) is 0. The van der Waals surface area contributed by atoms with Crippen LogP contribution in [-0.4, -0.2) is 7.05 Å². The van der Waals surface area contributed by atoms with Crippen LogP contribution in [-0.2, 0) is 4.84 Å². The van der Waals surface area contributed by atoms with E-state index in [1.54, 1.807) is 13.1 Å². The van der Waals surface area contributed by atoms with Crippen molar-refractivity contribution in [2.75, 3.05) is 7.05 Å². The highest BCUT2D eigenvalue weighted by Gasteiger charge is 1.51. The molecule has 0 heterocycles. The summed E-state index contributed by atoms with van der Waals surface area (Å²) in [6, 6.07) is 0. The lowest BCUT2D eigenvalue weighted by atomic mass is 10.8. The van der Waals surface area contributed by atoms with Crippen molar-refractivity contribution in [2.24, 2.45) is 0 Å². The summed E-state index contributed by atoms with van der Waals surface area (Å²) >= 11 is 0. The fourth-order valence-corrected chi connectivity index (χ4v) is 0.0833. The van der Waals surface area contributed by atoms with Crippen LogP contribution >= 0.6 is 0 Å². The quantitative estimate of drug-likeness (QED) is 0.394. The van der Waals surface area contributed by atoms with Crippen molar-refractivity contribution in [3.05, 3.63) is 25.5 Å². The van der Waals surface area contributed by atoms with E-state index in [1.807, 2.05) is 34.6 Å². The normalized spacial score (nSPS) is 4.83. The highest BCUT2D eigenvalue weighted by atomic mass is 16.6. The Labute approximate surface area is 78.3 Å². The summed E-state index contributed by atoms with van der Waals surface area (Å²) in [7, 11) is 1.67. The lowest BCUT2D eigenvalue weighted by Crippen LogP contribution is -1.99. The number of hydrogen-bond acceptors (Lipinski definition) is 2. The van der Waals surface area contributed by atoms with Gasteiger partial charge >= 0.3 is 0 Å². The molecule has 0 amide bonds. The molecule has 1 N–H and O–H groups in total. The molecule has 0 saturated heterocycles. The van der Waals surface area contributed by atoms with Gasteiger partial charge in [0.15, 0.2) is 0 Å². The number of rotatable bonds is 2. The Morgan fingerprint density at radius 1 is 1.08 bits per heavy atom. The molecule has 0 aliphatic rings. The number of hydroxylamine groups is 1. The standard InChI is InChI=1S/C3H7NO.C3H6.2C2H6/c1-3-5-4-2;1-3-2;2*1-2/h3-4H,1H2,2H3;3H,1H2,2H3;2*1-2H3. The van der Waals surface area contributed by atoms with Crippen LogP contribution in [0.5, 0.6) is 0 Å². The summed E-state index contributed by atoms with van der Waals surface area (Å²) in [5.41, 5.74) is 2.40. The van der Waals surface area contributed by atoms with E-state index in [0.29, 0.717) is 0 Å². The summed E-state index contributed by atoms with van der Waals surface area (Å²) in [6.07, 6.45) is 3.07. The van der Waals surface area contributed by atoms with Crippen LogP contribution in [0.4, 0.5) is 0 Å². The summed E-state index contributed by atoms with van der Waals surface area (Å²) in [4.78, 5) is 4.35. The largest absolute Gasteiger partial charge is 0.417 e. The Morgan fingerprint density at radius 2 is 1.33 bits per heavy atom. The average Bonchev–Trinajstić information content (AvgIpc) is 2.14. The maximum atomic E-state index is 4.35. The molecular weight excluding hydrogens is 150 g/mol. The van der Waals surface area contributed by atoms with Gasteiger partial charge in [-0.15, -0.1) is 6.58 Å². The highest BCUT2D eigenvalue weighted by molar-refractivity contribution is 4.51. The molecular formula is C10H25NO. The third-order valence-electron chi connectivity index (χ3n) is 0.201. The molecule has 2 nitrogen and oxygen atoms in total. The van der Waals surface area contributed by atoms with Crippen molar-refractivity contribution in [2.45, 2.75) is 34.6 Å². The van der Waals surface area contributed by atoms with Gasteiger partial charge in [-0.1, -0.05) is 40.3 Å². The van der Waals surface area contributed by atoms with Crippen LogP contribution in [0.15, 0.2) is 25.5 Å². The minimum absolute atomic E-state index is 1.32. The Hall–Kier alpha value is -0.760. The van der Waals surface area contributed by atoms with E-state index in [1.165, 1.54) is 6.26 Å². The molecule has 2 heteroatoms. The van der Waals surface area contributed by atoms with Gasteiger partial charge in [-0.3, -0.25) is 0 Å². The fraction of sp³-hybridized carbons (Fsp3) is 0.600. The Kier molecular flexibility index (Phi) is 156. The van der Waals surface area contributed by atoms with Gasteiger partial charge in [0.05, 0.1) is 0 Å². The van der Waals surface area contributed by atoms with Gasteiger partial charge in [-0.25, -0.2) is 0 Å². The third-order valence-corrected chi connectivity index (χ3v) is 0.201. The van der Waals surface area contributed by atoms with Crippen molar-refractivity contribution >= 4 is 0 Å². The SMILES string of the molecule is C=CC.C=CONC.CC.CC. The van der Waals surface area contributed by atoms with Gasteiger partial charge in [-0.2, -0.15) is 5.48 Å². The topological polar surface area (TPSA) is 21.3 Å². The van der Waals surface area contributed by atoms with Crippen LogP contribution < -0.4 is 5.48 Å². The fourth-order valence-electron chi connectivity index (χ4n) is 0.0833. The molecule has 0 aliphatic heterocycles. The molecule has 0 aromatic rings. The zero-order chi connectivity index (χ0) is 10.8. The van der Waals surface area contributed by atoms with Crippen LogP contribution in [0.1, 0.15) is 34.6 Å². The first-order valence-corrected chi connectivity index (χ1v) is 4.33. The van der Waals surface area contributed by atoms with Crippen molar-refractivity contribution in [3.8, 4) is 0 Å². The second kappa shape index (κ2) is 83.3. The first-order chi connectivity index (χ1) is 5.83. The van der Waals surface area contributed by atoms with E-state index in [0.717, 1.165) is 0 Å². The minimum atomic E-state index is 1.32. The van der Waals surface area contributed by atoms with Gasteiger partial charge < -0.3 is 4.84 Å². The lowest BCUT2D eigenvalue weighted by molar-refractivity contribution is 0.159. The molecule has 0 atom stereocenters. The van der Waals surface area contributed by atoms with Crippen LogP contribution in [0, 0.1) is 0 Å². The monoisotopic (exact) mass is 175 g/mol. The molecule has 0 radical (unpaired) electrons. The van der Waals surface area contributed by atoms with E-state index in [4.69, 9.17) is 0 Å². The number of allylic oxidation sites excluding steroid dienone is 1. The molecule has 0 saturated carbocycles. The van der Waals surface area contributed by atoms with E-state index < -0.39 is 0 Å². The van der Waals surface area contributed by atoms with Crippen molar-refractivity contribution in [1.29, 1.82) is 0 Å². The molecule has 0 aromatic heterocycles. The predicted octanol–water partition coefficient (Wildman–Crippen LogP) is 3.53. The molecule has 0 spiro atoms. The molecule has 0 fully saturated rings. The van der Waals surface area contributed by atoms with Crippen LogP contribution in [0.25, 0.3) is 0 Å². The summed E-state index contributed by atoms with van der Waals surface area (Å²) in [5.74, 6) is 0. The first kappa shape index (κ1) is 22.5. The maximum Gasteiger partial charge on any atom is 0.104 e. The van der Waals surface area contributed by atoms with E-state index >= 15 is 0 Å². The molecule has 0 bridgehead atoms. The second-order valence-corrected chi connectivity index (χ2v) is 0.897. The maximum absolute atomic E-state index is 4.35. The zero-order valence-corrected chi connectivity index (χ0v) is 9.48. The van der Waals surface area contributed by atoms with E-state index in [2.05, 4.69) is 23.5 Å².